The van der Waals surface area contributed by atoms with E-state index in [0.717, 1.165) is 5.56 Å². The Hall–Kier alpha value is -5.43. The molecule has 0 radical (unpaired) electrons. The summed E-state index contributed by atoms with van der Waals surface area (Å²) in [5.74, 6) is -3.85. The van der Waals surface area contributed by atoms with E-state index in [0.29, 0.717) is 5.75 Å². The van der Waals surface area contributed by atoms with Gasteiger partial charge in [-0.05, 0) is 41.3 Å². The molecular formula is C31H33N5O12S-2. The zero-order valence-corrected chi connectivity index (χ0v) is 27.4. The van der Waals surface area contributed by atoms with Crippen LogP contribution in [0, 0.1) is 0 Å². The Balaban J connectivity index is 0.000000565. The van der Waals surface area contributed by atoms with Gasteiger partial charge in [0.25, 0.3) is 15.9 Å². The summed E-state index contributed by atoms with van der Waals surface area (Å²) in [7, 11) is -2.66. The van der Waals surface area contributed by atoms with Crippen molar-refractivity contribution in [3.8, 4) is 34.8 Å². The summed E-state index contributed by atoms with van der Waals surface area (Å²) >= 11 is 0. The molecule has 262 valence electrons. The third-order valence-corrected chi connectivity index (χ3v) is 7.61. The quantitative estimate of drug-likeness (QED) is 0.136. The van der Waals surface area contributed by atoms with Crippen LogP contribution in [0.2, 0.25) is 0 Å². The molecule has 0 aliphatic carbocycles. The second-order valence-corrected chi connectivity index (χ2v) is 12.5. The lowest BCUT2D eigenvalue weighted by Gasteiger charge is -2.20. The number of rotatable bonds is 13. The van der Waals surface area contributed by atoms with Crippen molar-refractivity contribution in [2.45, 2.75) is 43.3 Å². The average Bonchev–Trinajstić information content (AvgIpc) is 3.07. The molecule has 0 aliphatic heterocycles. The first-order valence-electron chi connectivity index (χ1n) is 14.2. The number of sulfonamides is 1. The zero-order valence-electron chi connectivity index (χ0n) is 26.6. The van der Waals surface area contributed by atoms with Gasteiger partial charge in [-0.1, -0.05) is 45.0 Å². The predicted molar refractivity (Wildman–Crippen MR) is 167 cm³/mol. The molecule has 2 aromatic heterocycles. The molecule has 0 saturated carbocycles. The molecule has 17 nitrogen and oxygen atoms in total. The number of para-hydroxylation sites is 2. The minimum absolute atomic E-state index is 0.0169. The van der Waals surface area contributed by atoms with Gasteiger partial charge in [-0.2, -0.15) is 4.98 Å². The maximum atomic E-state index is 13.5. The Morgan fingerprint density at radius 2 is 1.45 bits per heavy atom. The van der Waals surface area contributed by atoms with E-state index in [4.69, 9.17) is 24.4 Å². The summed E-state index contributed by atoms with van der Waals surface area (Å²) < 4.78 is 46.6. The molecule has 0 saturated heterocycles. The molecule has 0 fully saturated rings. The summed E-state index contributed by atoms with van der Waals surface area (Å²) in [6.07, 6.45) is -1.88. The number of aliphatic carboxylic acids is 2. The van der Waals surface area contributed by atoms with E-state index in [1.165, 1.54) is 31.6 Å². The molecule has 0 aliphatic rings. The SMILES string of the molecule is COc1ccccc1Oc1c(NS(=O)(=O)c2ccc(C(C)(C)C)cc2)nc(-c2ncccn2)nc1OCCO.O=C([O-])C(O)C(O)C(=O)[O-]. The van der Waals surface area contributed by atoms with Crippen molar-refractivity contribution in [2.75, 3.05) is 25.0 Å². The second kappa shape index (κ2) is 16.6. The summed E-state index contributed by atoms with van der Waals surface area (Å²) in [6, 6.07) is 15.0. The number of benzene rings is 2. The van der Waals surface area contributed by atoms with Crippen LogP contribution in [0.4, 0.5) is 5.82 Å². The molecule has 2 aromatic carbocycles. The maximum Gasteiger partial charge on any atom is 0.263 e. The smallest absolute Gasteiger partial charge is 0.263 e. The molecule has 4 aromatic rings. The fourth-order valence-corrected chi connectivity index (χ4v) is 4.74. The molecule has 2 unspecified atom stereocenters. The van der Waals surface area contributed by atoms with E-state index in [9.17, 15) is 33.3 Å². The fourth-order valence-electron chi connectivity index (χ4n) is 3.74. The zero-order chi connectivity index (χ0) is 36.4. The lowest BCUT2D eigenvalue weighted by Crippen LogP contribution is -2.51. The van der Waals surface area contributed by atoms with Crippen LogP contribution in [0.3, 0.4) is 0 Å². The highest BCUT2D eigenvalue weighted by atomic mass is 32.2. The number of aliphatic hydroxyl groups is 3. The molecule has 0 spiro atoms. The fraction of sp³-hybridized carbons (Fsp3) is 0.290. The van der Waals surface area contributed by atoms with Gasteiger partial charge in [-0.25, -0.2) is 23.4 Å². The first kappa shape index (κ1) is 38.0. The minimum atomic E-state index is -4.14. The number of aliphatic hydroxyl groups excluding tert-OH is 3. The Morgan fingerprint density at radius 3 is 1.96 bits per heavy atom. The van der Waals surface area contributed by atoms with Gasteiger partial charge in [0.1, 0.15) is 18.8 Å². The highest BCUT2D eigenvalue weighted by Crippen LogP contribution is 2.41. The van der Waals surface area contributed by atoms with E-state index < -0.39 is 34.2 Å². The van der Waals surface area contributed by atoms with Gasteiger partial charge >= 0.3 is 0 Å². The van der Waals surface area contributed by atoms with Crippen LogP contribution in [-0.4, -0.2) is 88.1 Å². The van der Waals surface area contributed by atoms with Gasteiger partial charge in [0.05, 0.1) is 30.6 Å². The largest absolute Gasteiger partial charge is 0.547 e. The van der Waals surface area contributed by atoms with Crippen LogP contribution >= 0.6 is 0 Å². The summed E-state index contributed by atoms with van der Waals surface area (Å²) in [5.41, 5.74) is 0.827. The maximum absolute atomic E-state index is 13.5. The first-order chi connectivity index (χ1) is 23.1. The van der Waals surface area contributed by atoms with Crippen LogP contribution in [-0.2, 0) is 25.0 Å². The standard InChI is InChI=1S/C27H29N5O6S.C4H6O6/c1-27(2,3)18-10-12-19(13-11-18)39(34,35)32-23-22(38-21-9-6-5-8-20(21)36-4)26(37-17-16-33)31-25(30-23)24-28-14-7-15-29-24;5-1(3(7)8)2(6)4(9)10/h5-15,33H,16-17H2,1-4H3,(H,30,31,32);1-2,5-6H,(H,7,8)(H,9,10)/p-2. The summed E-state index contributed by atoms with van der Waals surface area (Å²) in [4.78, 5) is 36.4. The third kappa shape index (κ3) is 10.3. The second-order valence-electron chi connectivity index (χ2n) is 10.8. The minimum Gasteiger partial charge on any atom is -0.547 e. The van der Waals surface area contributed by atoms with E-state index in [1.807, 2.05) is 20.8 Å². The Bertz CT molecular complexity index is 1820. The molecule has 0 amide bonds. The van der Waals surface area contributed by atoms with Crippen molar-refractivity contribution >= 4 is 27.8 Å². The van der Waals surface area contributed by atoms with Crippen molar-refractivity contribution in [1.82, 2.24) is 19.9 Å². The monoisotopic (exact) mass is 699 g/mol. The third-order valence-electron chi connectivity index (χ3n) is 6.26. The van der Waals surface area contributed by atoms with Crippen molar-refractivity contribution in [3.63, 3.8) is 0 Å². The molecular weight excluding hydrogens is 666 g/mol. The normalized spacial score (nSPS) is 12.5. The van der Waals surface area contributed by atoms with Crippen LogP contribution in [0.25, 0.3) is 11.6 Å². The van der Waals surface area contributed by atoms with Gasteiger partial charge in [-0.3, -0.25) is 4.72 Å². The number of ether oxygens (including phenoxy) is 3. The first-order valence-corrected chi connectivity index (χ1v) is 15.7. The Kier molecular flexibility index (Phi) is 12.9. The molecule has 2 heterocycles. The van der Waals surface area contributed by atoms with Crippen LogP contribution in [0.1, 0.15) is 26.3 Å². The number of methoxy groups -OCH3 is 1. The Labute approximate surface area is 280 Å². The molecule has 0 bridgehead atoms. The number of nitrogens with one attached hydrogen (secondary N) is 1. The van der Waals surface area contributed by atoms with Gasteiger partial charge in [-0.15, -0.1) is 0 Å². The molecule has 49 heavy (non-hydrogen) atoms. The van der Waals surface area contributed by atoms with Crippen LogP contribution in [0.15, 0.2) is 71.9 Å². The highest BCUT2D eigenvalue weighted by Gasteiger charge is 2.26. The van der Waals surface area contributed by atoms with E-state index in [1.54, 1.807) is 42.5 Å². The number of aromatic nitrogens is 4. The highest BCUT2D eigenvalue weighted by molar-refractivity contribution is 7.92. The van der Waals surface area contributed by atoms with Crippen molar-refractivity contribution < 1.29 is 57.8 Å². The number of carboxylic acids is 2. The average molecular weight is 700 g/mol. The molecule has 4 N–H and O–H groups in total. The van der Waals surface area contributed by atoms with Gasteiger partial charge in [0.2, 0.25) is 11.6 Å². The number of carboxylic acid groups (broad SMARTS) is 2. The number of nitrogens with zero attached hydrogens (tertiary/aromatic N) is 4. The van der Waals surface area contributed by atoms with Crippen LogP contribution in [0.5, 0.6) is 23.1 Å². The van der Waals surface area contributed by atoms with Crippen LogP contribution < -0.4 is 29.1 Å². The number of hydrogen-bond donors (Lipinski definition) is 4. The van der Waals surface area contributed by atoms with Gasteiger partial charge < -0.3 is 49.3 Å². The number of carbonyl (C=O) groups excluding carboxylic acids is 2. The van der Waals surface area contributed by atoms with Crippen molar-refractivity contribution in [1.29, 1.82) is 0 Å². The lowest BCUT2D eigenvalue weighted by molar-refractivity contribution is -0.333. The van der Waals surface area contributed by atoms with E-state index >= 15 is 0 Å². The Morgan fingerprint density at radius 1 is 0.878 bits per heavy atom. The molecule has 18 heteroatoms. The summed E-state index contributed by atoms with van der Waals surface area (Å²) in [5, 5.41) is 45.1. The predicted octanol–water partition coefficient (Wildman–Crippen LogP) is -0.588. The number of anilines is 1. The summed E-state index contributed by atoms with van der Waals surface area (Å²) in [6.45, 7) is 5.65. The molecule has 4 rings (SSSR count). The lowest BCUT2D eigenvalue weighted by atomic mass is 9.87. The van der Waals surface area contributed by atoms with Gasteiger partial charge in [0.15, 0.2) is 23.1 Å². The van der Waals surface area contributed by atoms with E-state index in [-0.39, 0.29) is 58.4 Å². The van der Waals surface area contributed by atoms with Crippen molar-refractivity contribution in [2.24, 2.45) is 0 Å². The number of hydrogen-bond acceptors (Lipinski definition) is 16. The molecule has 2 atom stereocenters. The topological polar surface area (TPSA) is 266 Å². The van der Waals surface area contributed by atoms with Crippen molar-refractivity contribution in [3.05, 3.63) is 72.6 Å². The van der Waals surface area contributed by atoms with Gasteiger partial charge in [0, 0.05) is 12.4 Å². The number of carbonyl (C=O) groups is 2. The van der Waals surface area contributed by atoms with E-state index in [2.05, 4.69) is 24.7 Å².